The molecule has 1 heterocycles. The third-order valence-corrected chi connectivity index (χ3v) is 3.38. The lowest BCUT2D eigenvalue weighted by molar-refractivity contribution is -0.137. The van der Waals surface area contributed by atoms with Gasteiger partial charge < -0.3 is 5.11 Å². The topological polar surface area (TPSA) is 23.5 Å². The fourth-order valence-corrected chi connectivity index (χ4v) is 2.38. The van der Waals surface area contributed by atoms with Crippen LogP contribution in [-0.4, -0.2) is 29.7 Å². The Kier molecular flexibility index (Phi) is 3.92. The minimum Gasteiger partial charge on any atom is -0.394 e. The third kappa shape index (κ3) is 2.84. The second kappa shape index (κ2) is 5.28. The van der Waals surface area contributed by atoms with Crippen molar-refractivity contribution in [2.75, 3.05) is 19.7 Å². The maximum absolute atomic E-state index is 12.4. The normalized spacial score (nSPS) is 19.1. The van der Waals surface area contributed by atoms with E-state index >= 15 is 0 Å². The highest BCUT2D eigenvalue weighted by Gasteiger charge is 2.30. The summed E-state index contributed by atoms with van der Waals surface area (Å²) in [6, 6.07) is 4.89. The van der Waals surface area contributed by atoms with Crippen LogP contribution in [0.5, 0.6) is 0 Å². The summed E-state index contributed by atoms with van der Waals surface area (Å²) in [5.74, 6) is 0. The number of likely N-dealkylation sites (tertiary alicyclic amines) is 1. The van der Waals surface area contributed by atoms with Crippen molar-refractivity contribution < 1.29 is 18.3 Å². The zero-order chi connectivity index (χ0) is 13.2. The number of hydrogen-bond acceptors (Lipinski definition) is 2. The van der Waals surface area contributed by atoms with Gasteiger partial charge >= 0.3 is 6.18 Å². The molecule has 0 bridgehead atoms. The van der Waals surface area contributed by atoms with E-state index in [2.05, 4.69) is 4.90 Å². The molecule has 0 aliphatic carbocycles. The molecule has 1 aromatic rings. The van der Waals surface area contributed by atoms with Gasteiger partial charge in [-0.3, -0.25) is 4.90 Å². The van der Waals surface area contributed by atoms with Crippen LogP contribution in [0.4, 0.5) is 13.2 Å². The fraction of sp³-hybridized carbons (Fsp3) is 0.538. The second-order valence-corrected chi connectivity index (χ2v) is 4.56. The lowest BCUT2D eigenvalue weighted by atomic mass is 10.0. The molecule has 0 spiro atoms. The van der Waals surface area contributed by atoms with Gasteiger partial charge in [-0.05, 0) is 43.6 Å². The van der Waals surface area contributed by atoms with Gasteiger partial charge in [0.05, 0.1) is 18.2 Å². The maximum Gasteiger partial charge on any atom is 0.416 e. The van der Waals surface area contributed by atoms with Gasteiger partial charge in [0.1, 0.15) is 0 Å². The Morgan fingerprint density at radius 1 is 1.11 bits per heavy atom. The smallest absolute Gasteiger partial charge is 0.394 e. The molecule has 2 nitrogen and oxygen atoms in total. The average molecular weight is 259 g/mol. The maximum atomic E-state index is 12.4. The third-order valence-electron chi connectivity index (χ3n) is 3.38. The molecular formula is C13H16F3NO. The van der Waals surface area contributed by atoms with E-state index < -0.39 is 11.7 Å². The lowest BCUT2D eigenvalue weighted by Crippen LogP contribution is -2.28. The van der Waals surface area contributed by atoms with E-state index in [0.717, 1.165) is 43.6 Å². The monoisotopic (exact) mass is 259 g/mol. The predicted octanol–water partition coefficient (Wildman–Crippen LogP) is 2.83. The Balaban J connectivity index is 2.16. The summed E-state index contributed by atoms with van der Waals surface area (Å²) in [7, 11) is 0. The van der Waals surface area contributed by atoms with Gasteiger partial charge in [0, 0.05) is 0 Å². The van der Waals surface area contributed by atoms with Crippen molar-refractivity contribution >= 4 is 0 Å². The molecule has 1 N–H and O–H groups in total. The largest absolute Gasteiger partial charge is 0.416 e. The Morgan fingerprint density at radius 2 is 1.67 bits per heavy atom. The number of alkyl halides is 3. The van der Waals surface area contributed by atoms with Crippen molar-refractivity contribution in [2.45, 2.75) is 25.1 Å². The number of nitrogens with zero attached hydrogens (tertiary/aromatic N) is 1. The SMILES string of the molecule is OC[C@H](c1ccc(C(F)(F)F)cc1)N1CCCC1. The number of aliphatic hydroxyl groups is 1. The number of halogens is 3. The number of aliphatic hydroxyl groups excluding tert-OH is 1. The van der Waals surface area contributed by atoms with E-state index in [0.29, 0.717) is 0 Å². The Bertz CT molecular complexity index is 382. The van der Waals surface area contributed by atoms with Gasteiger partial charge in [-0.25, -0.2) is 0 Å². The molecule has 1 aliphatic rings. The number of benzene rings is 1. The quantitative estimate of drug-likeness (QED) is 0.902. The van der Waals surface area contributed by atoms with Crippen LogP contribution in [0.1, 0.15) is 30.0 Å². The molecule has 0 aromatic heterocycles. The highest BCUT2D eigenvalue weighted by atomic mass is 19.4. The minimum absolute atomic E-state index is 0.0641. The van der Waals surface area contributed by atoms with Crippen LogP contribution in [0.2, 0.25) is 0 Å². The molecule has 18 heavy (non-hydrogen) atoms. The van der Waals surface area contributed by atoms with Crippen LogP contribution in [0.25, 0.3) is 0 Å². The lowest BCUT2D eigenvalue weighted by Gasteiger charge is -2.26. The summed E-state index contributed by atoms with van der Waals surface area (Å²) in [5.41, 5.74) is 0.0942. The molecule has 1 saturated heterocycles. The van der Waals surface area contributed by atoms with Crippen LogP contribution in [0.15, 0.2) is 24.3 Å². The van der Waals surface area contributed by atoms with Crippen molar-refractivity contribution in [2.24, 2.45) is 0 Å². The van der Waals surface area contributed by atoms with Crippen molar-refractivity contribution in [3.8, 4) is 0 Å². The van der Waals surface area contributed by atoms with Crippen LogP contribution >= 0.6 is 0 Å². The standard InChI is InChI=1S/C13H16F3NO/c14-13(15,16)11-5-3-10(4-6-11)12(9-18)17-7-1-2-8-17/h3-6,12,18H,1-2,7-9H2/t12-/m1/s1. The van der Waals surface area contributed by atoms with E-state index in [1.54, 1.807) is 0 Å². The average Bonchev–Trinajstić information content (AvgIpc) is 2.83. The summed E-state index contributed by atoms with van der Waals surface area (Å²) >= 11 is 0. The van der Waals surface area contributed by atoms with E-state index in [9.17, 15) is 18.3 Å². The van der Waals surface area contributed by atoms with Gasteiger partial charge in [-0.15, -0.1) is 0 Å². The van der Waals surface area contributed by atoms with Crippen molar-refractivity contribution in [1.82, 2.24) is 4.90 Å². The van der Waals surface area contributed by atoms with Gasteiger partial charge in [0.15, 0.2) is 0 Å². The van der Waals surface area contributed by atoms with Crippen molar-refractivity contribution in [1.29, 1.82) is 0 Å². The number of hydrogen-bond donors (Lipinski definition) is 1. The number of rotatable bonds is 3. The Labute approximate surface area is 104 Å². The molecule has 0 unspecified atom stereocenters. The van der Waals surface area contributed by atoms with E-state index in [1.165, 1.54) is 12.1 Å². The molecule has 1 atom stereocenters. The molecule has 100 valence electrons. The molecule has 2 rings (SSSR count). The zero-order valence-corrected chi connectivity index (χ0v) is 9.95. The second-order valence-electron chi connectivity index (χ2n) is 4.56. The summed E-state index contributed by atoms with van der Waals surface area (Å²) < 4.78 is 37.3. The van der Waals surface area contributed by atoms with Crippen LogP contribution in [-0.2, 0) is 6.18 Å². The first-order valence-electron chi connectivity index (χ1n) is 6.04. The first-order valence-corrected chi connectivity index (χ1v) is 6.04. The van der Waals surface area contributed by atoms with Crippen LogP contribution in [0, 0.1) is 0 Å². The van der Waals surface area contributed by atoms with Gasteiger partial charge in [-0.1, -0.05) is 12.1 Å². The minimum atomic E-state index is -4.30. The molecule has 1 fully saturated rings. The van der Waals surface area contributed by atoms with Crippen LogP contribution < -0.4 is 0 Å². The first kappa shape index (κ1) is 13.4. The van der Waals surface area contributed by atoms with Gasteiger partial charge in [-0.2, -0.15) is 13.2 Å². The van der Waals surface area contributed by atoms with E-state index in [4.69, 9.17) is 0 Å². The zero-order valence-electron chi connectivity index (χ0n) is 9.95. The van der Waals surface area contributed by atoms with Gasteiger partial charge in [0.25, 0.3) is 0 Å². The summed E-state index contributed by atoms with van der Waals surface area (Å²) in [6.45, 7) is 1.73. The molecule has 1 aliphatic heterocycles. The summed E-state index contributed by atoms with van der Waals surface area (Å²) in [6.07, 6.45) is -2.14. The van der Waals surface area contributed by atoms with E-state index in [1.807, 2.05) is 0 Å². The van der Waals surface area contributed by atoms with Crippen molar-refractivity contribution in [3.63, 3.8) is 0 Å². The van der Waals surface area contributed by atoms with Crippen molar-refractivity contribution in [3.05, 3.63) is 35.4 Å². The highest BCUT2D eigenvalue weighted by Crippen LogP contribution is 2.31. The predicted molar refractivity (Wildman–Crippen MR) is 62.1 cm³/mol. The highest BCUT2D eigenvalue weighted by molar-refractivity contribution is 5.27. The molecule has 0 radical (unpaired) electrons. The molecule has 0 saturated carbocycles. The first-order chi connectivity index (χ1) is 8.52. The Morgan fingerprint density at radius 3 is 2.11 bits per heavy atom. The van der Waals surface area contributed by atoms with E-state index in [-0.39, 0.29) is 12.6 Å². The summed E-state index contributed by atoms with van der Waals surface area (Å²) in [5, 5.41) is 9.41. The molecule has 1 aromatic carbocycles. The molecule has 5 heteroatoms. The van der Waals surface area contributed by atoms with Gasteiger partial charge in [0.2, 0.25) is 0 Å². The van der Waals surface area contributed by atoms with Crippen LogP contribution in [0.3, 0.4) is 0 Å². The molecule has 0 amide bonds. The molecular weight excluding hydrogens is 243 g/mol. The fourth-order valence-electron chi connectivity index (χ4n) is 2.38. The summed E-state index contributed by atoms with van der Waals surface area (Å²) in [4.78, 5) is 2.11. The Hall–Kier alpha value is -1.07.